The number of anilines is 1. The summed E-state index contributed by atoms with van der Waals surface area (Å²) in [7, 11) is 1.67. The van der Waals surface area contributed by atoms with Crippen molar-refractivity contribution in [1.82, 2.24) is 4.98 Å². The molecule has 2 heterocycles. The number of nitrogens with one attached hydrogen (secondary N) is 1. The lowest BCUT2D eigenvalue weighted by atomic mass is 9.86. The molecule has 0 fully saturated rings. The van der Waals surface area contributed by atoms with Gasteiger partial charge in [0.1, 0.15) is 0 Å². The van der Waals surface area contributed by atoms with Gasteiger partial charge in [0.25, 0.3) is 0 Å². The number of benzene rings is 1. The zero-order valence-corrected chi connectivity index (χ0v) is 16.9. The van der Waals surface area contributed by atoms with Gasteiger partial charge in [0.2, 0.25) is 5.88 Å². The van der Waals surface area contributed by atoms with Crippen LogP contribution in [0.15, 0.2) is 54.8 Å². The second-order valence-corrected chi connectivity index (χ2v) is 7.11. The van der Waals surface area contributed by atoms with Crippen molar-refractivity contribution in [1.29, 1.82) is 0 Å². The predicted molar refractivity (Wildman–Crippen MR) is 115 cm³/mol. The summed E-state index contributed by atoms with van der Waals surface area (Å²) in [6.07, 6.45) is 3.02. The van der Waals surface area contributed by atoms with Crippen molar-refractivity contribution in [2.45, 2.75) is 40.0 Å². The molecule has 0 amide bonds. The molecular formula is C24H28N2O. The van der Waals surface area contributed by atoms with Gasteiger partial charge in [-0.25, -0.2) is 4.98 Å². The molecular weight excluding hydrogens is 332 g/mol. The fourth-order valence-electron chi connectivity index (χ4n) is 3.58. The number of pyridine rings is 1. The van der Waals surface area contributed by atoms with Crippen LogP contribution in [0.4, 0.5) is 5.69 Å². The van der Waals surface area contributed by atoms with Gasteiger partial charge < -0.3 is 10.1 Å². The monoisotopic (exact) mass is 360 g/mol. The van der Waals surface area contributed by atoms with E-state index in [0.29, 0.717) is 11.8 Å². The summed E-state index contributed by atoms with van der Waals surface area (Å²) < 4.78 is 5.68. The first-order valence-electron chi connectivity index (χ1n) is 9.41. The molecule has 2 aromatic rings. The van der Waals surface area contributed by atoms with Crippen LogP contribution in [0.2, 0.25) is 0 Å². The van der Waals surface area contributed by atoms with Gasteiger partial charge in [-0.1, -0.05) is 57.3 Å². The highest BCUT2D eigenvalue weighted by Crippen LogP contribution is 2.46. The number of allylic oxidation sites excluding steroid dienone is 3. The molecule has 3 nitrogen and oxygen atoms in total. The maximum Gasteiger partial charge on any atom is 0.222 e. The SMILES string of the molecule is C=CC1=C(C)C(=C)Nc2c(C)nc(OC)c(-c3ccc(C(C)CC)cc3)c21. The van der Waals surface area contributed by atoms with Crippen molar-refractivity contribution in [2.24, 2.45) is 0 Å². The molecule has 0 saturated heterocycles. The molecule has 0 saturated carbocycles. The van der Waals surface area contributed by atoms with Gasteiger partial charge in [-0.3, -0.25) is 0 Å². The quantitative estimate of drug-likeness (QED) is 0.663. The van der Waals surface area contributed by atoms with Gasteiger partial charge >= 0.3 is 0 Å². The average molecular weight is 361 g/mol. The summed E-state index contributed by atoms with van der Waals surface area (Å²) in [4.78, 5) is 4.70. The summed E-state index contributed by atoms with van der Waals surface area (Å²) in [5.74, 6) is 1.17. The van der Waals surface area contributed by atoms with E-state index in [-0.39, 0.29) is 0 Å². The van der Waals surface area contributed by atoms with E-state index in [1.54, 1.807) is 7.11 Å². The van der Waals surface area contributed by atoms with Gasteiger partial charge in [0.05, 0.1) is 24.1 Å². The van der Waals surface area contributed by atoms with Gasteiger partial charge in [-0.2, -0.15) is 0 Å². The van der Waals surface area contributed by atoms with E-state index in [4.69, 9.17) is 9.72 Å². The summed E-state index contributed by atoms with van der Waals surface area (Å²) in [6.45, 7) is 16.7. The van der Waals surface area contributed by atoms with Crippen LogP contribution in [0.1, 0.15) is 49.9 Å². The van der Waals surface area contributed by atoms with Crippen molar-refractivity contribution < 1.29 is 4.74 Å². The number of ether oxygens (including phenoxy) is 1. The maximum atomic E-state index is 5.68. The van der Waals surface area contributed by atoms with Crippen molar-refractivity contribution >= 4 is 11.3 Å². The topological polar surface area (TPSA) is 34.2 Å². The highest BCUT2D eigenvalue weighted by atomic mass is 16.5. The van der Waals surface area contributed by atoms with Crippen LogP contribution in [-0.2, 0) is 0 Å². The number of hydrogen-bond donors (Lipinski definition) is 1. The van der Waals surface area contributed by atoms with Gasteiger partial charge in [0.15, 0.2) is 0 Å². The van der Waals surface area contributed by atoms with Crippen LogP contribution >= 0.6 is 0 Å². The number of rotatable bonds is 5. The largest absolute Gasteiger partial charge is 0.481 e. The Morgan fingerprint density at radius 1 is 1.19 bits per heavy atom. The second kappa shape index (κ2) is 7.43. The lowest BCUT2D eigenvalue weighted by Crippen LogP contribution is -2.14. The smallest absolute Gasteiger partial charge is 0.222 e. The summed E-state index contributed by atoms with van der Waals surface area (Å²) in [5.41, 5.74) is 9.39. The first-order valence-corrected chi connectivity index (χ1v) is 9.41. The van der Waals surface area contributed by atoms with E-state index in [1.807, 2.05) is 13.0 Å². The fraction of sp³-hybridized carbons (Fsp3) is 0.292. The molecule has 1 aromatic heterocycles. The first-order chi connectivity index (χ1) is 12.9. The summed E-state index contributed by atoms with van der Waals surface area (Å²) in [6, 6.07) is 8.73. The lowest BCUT2D eigenvalue weighted by Gasteiger charge is -2.28. The van der Waals surface area contributed by atoms with Crippen LogP contribution in [0, 0.1) is 6.92 Å². The Balaban J connectivity index is 2.30. The Kier molecular flexibility index (Phi) is 5.22. The highest BCUT2D eigenvalue weighted by molar-refractivity contribution is 5.99. The van der Waals surface area contributed by atoms with E-state index in [2.05, 4.69) is 63.5 Å². The van der Waals surface area contributed by atoms with Crippen molar-refractivity contribution in [2.75, 3.05) is 12.4 Å². The summed E-state index contributed by atoms with van der Waals surface area (Å²) in [5, 5.41) is 3.42. The molecule has 140 valence electrons. The zero-order chi connectivity index (χ0) is 19.7. The minimum Gasteiger partial charge on any atom is -0.481 e. The number of aryl methyl sites for hydroxylation is 1. The minimum atomic E-state index is 0.543. The Morgan fingerprint density at radius 3 is 2.41 bits per heavy atom. The third-order valence-corrected chi connectivity index (χ3v) is 5.53. The van der Waals surface area contributed by atoms with Crippen LogP contribution in [0.3, 0.4) is 0 Å². The van der Waals surface area contributed by atoms with Crippen molar-refractivity contribution in [3.63, 3.8) is 0 Å². The van der Waals surface area contributed by atoms with Gasteiger partial charge in [-0.15, -0.1) is 0 Å². The molecule has 3 rings (SSSR count). The van der Waals surface area contributed by atoms with Crippen molar-refractivity contribution in [3.05, 3.63) is 71.6 Å². The lowest BCUT2D eigenvalue weighted by molar-refractivity contribution is 0.398. The maximum absolute atomic E-state index is 5.68. The molecule has 1 aliphatic heterocycles. The molecule has 0 spiro atoms. The third-order valence-electron chi connectivity index (χ3n) is 5.53. The molecule has 27 heavy (non-hydrogen) atoms. The number of nitrogens with zero attached hydrogens (tertiary/aromatic N) is 1. The Hall–Kier alpha value is -2.81. The van der Waals surface area contributed by atoms with E-state index in [0.717, 1.165) is 51.3 Å². The molecule has 0 aliphatic carbocycles. The third kappa shape index (κ3) is 3.18. The van der Waals surface area contributed by atoms with Gasteiger partial charge in [-0.05, 0) is 48.5 Å². The second-order valence-electron chi connectivity index (χ2n) is 7.11. The Bertz CT molecular complexity index is 936. The average Bonchev–Trinajstić information content (AvgIpc) is 2.69. The standard InChI is InChI=1S/C24H28N2O/c1-8-14(3)18-10-12-19(13-11-18)21-22-20(9-2)15(4)16(5)25-23(22)17(6)26-24(21)27-7/h9-14,25H,2,5,8H2,1,3-4,6-7H3. The number of methoxy groups -OCH3 is 1. The van der Waals surface area contributed by atoms with E-state index < -0.39 is 0 Å². The molecule has 1 aromatic carbocycles. The van der Waals surface area contributed by atoms with E-state index in [1.165, 1.54) is 5.56 Å². The molecule has 3 heteroatoms. The number of fused-ring (bicyclic) bond motifs is 1. The zero-order valence-electron chi connectivity index (χ0n) is 16.9. The van der Waals surface area contributed by atoms with Crippen LogP contribution < -0.4 is 10.1 Å². The molecule has 1 aliphatic rings. The molecule has 1 unspecified atom stereocenters. The van der Waals surface area contributed by atoms with Crippen molar-refractivity contribution in [3.8, 4) is 17.0 Å². The molecule has 0 radical (unpaired) electrons. The minimum absolute atomic E-state index is 0.543. The number of aromatic nitrogens is 1. The fourth-order valence-corrected chi connectivity index (χ4v) is 3.58. The first kappa shape index (κ1) is 19.0. The Morgan fingerprint density at radius 2 is 1.85 bits per heavy atom. The van der Waals surface area contributed by atoms with E-state index in [9.17, 15) is 0 Å². The number of hydrogen-bond acceptors (Lipinski definition) is 3. The molecule has 1 atom stereocenters. The van der Waals surface area contributed by atoms with Crippen LogP contribution in [0.25, 0.3) is 16.7 Å². The predicted octanol–water partition coefficient (Wildman–Crippen LogP) is 6.48. The van der Waals surface area contributed by atoms with Crippen LogP contribution in [0.5, 0.6) is 5.88 Å². The highest BCUT2D eigenvalue weighted by Gasteiger charge is 2.26. The molecule has 0 bridgehead atoms. The Labute approximate surface area is 162 Å². The molecule has 1 N–H and O–H groups in total. The van der Waals surface area contributed by atoms with Crippen LogP contribution in [-0.4, -0.2) is 12.1 Å². The summed E-state index contributed by atoms with van der Waals surface area (Å²) >= 11 is 0. The normalized spacial score (nSPS) is 14.5. The van der Waals surface area contributed by atoms with Gasteiger partial charge in [0, 0.05) is 11.3 Å². The van der Waals surface area contributed by atoms with E-state index >= 15 is 0 Å².